The number of ether oxygens (including phenoxy) is 1. The molecule has 4 heteroatoms. The van der Waals surface area contributed by atoms with E-state index in [9.17, 15) is 15.0 Å². The molecular formula is C26H42O4. The predicted octanol–water partition coefficient (Wildman–Crippen LogP) is 4.36. The molecule has 0 aromatic rings. The van der Waals surface area contributed by atoms with Crippen LogP contribution in [-0.4, -0.2) is 40.4 Å². The van der Waals surface area contributed by atoms with Crippen LogP contribution in [0.4, 0.5) is 0 Å². The molecule has 0 radical (unpaired) electrons. The van der Waals surface area contributed by atoms with Crippen LogP contribution < -0.4 is 0 Å². The van der Waals surface area contributed by atoms with E-state index in [1.807, 2.05) is 0 Å². The largest absolute Gasteiger partial charge is 0.393 e. The fourth-order valence-electron chi connectivity index (χ4n) is 9.15. The first-order valence-electron chi connectivity index (χ1n) is 12.6. The number of aliphatic hydroxyl groups excluding tert-OH is 2. The quantitative estimate of drug-likeness (QED) is 0.666. The highest BCUT2D eigenvalue weighted by atomic mass is 16.6. The summed E-state index contributed by atoms with van der Waals surface area (Å²) in [6.45, 7) is 9.72. The summed E-state index contributed by atoms with van der Waals surface area (Å²) in [5, 5.41) is 22.7. The van der Waals surface area contributed by atoms with Gasteiger partial charge in [-0.15, -0.1) is 0 Å². The minimum Gasteiger partial charge on any atom is -0.393 e. The van der Waals surface area contributed by atoms with Gasteiger partial charge in [0.15, 0.2) is 0 Å². The molecule has 170 valence electrons. The molecule has 1 aliphatic heterocycles. The Kier molecular flexibility index (Phi) is 5.01. The Balaban J connectivity index is 1.43. The van der Waals surface area contributed by atoms with Crippen molar-refractivity contribution >= 4 is 5.78 Å². The molecule has 0 amide bonds. The van der Waals surface area contributed by atoms with Crippen molar-refractivity contribution in [3.63, 3.8) is 0 Å². The van der Waals surface area contributed by atoms with Gasteiger partial charge in [-0.05, 0) is 80.0 Å². The van der Waals surface area contributed by atoms with E-state index in [0.29, 0.717) is 42.0 Å². The fraction of sp³-hybridized carbons (Fsp3) is 0.962. The third kappa shape index (κ3) is 2.85. The maximum absolute atomic E-state index is 12.1. The Hall–Kier alpha value is -0.450. The van der Waals surface area contributed by atoms with Crippen LogP contribution in [0.2, 0.25) is 0 Å². The zero-order chi connectivity index (χ0) is 21.5. The molecule has 4 aliphatic carbocycles. The highest BCUT2D eigenvalue weighted by molar-refractivity contribution is 5.79. The van der Waals surface area contributed by atoms with Crippen LogP contribution in [0.15, 0.2) is 0 Å². The van der Waals surface area contributed by atoms with E-state index >= 15 is 0 Å². The third-order valence-corrected chi connectivity index (χ3v) is 10.9. The highest BCUT2D eigenvalue weighted by Gasteiger charge is 2.70. The average Bonchev–Trinajstić information content (AvgIpc) is 3.40. The van der Waals surface area contributed by atoms with E-state index in [4.69, 9.17) is 4.74 Å². The molecule has 5 rings (SSSR count). The summed E-state index contributed by atoms with van der Waals surface area (Å²) in [5.41, 5.74) is -0.384. The van der Waals surface area contributed by atoms with Crippen molar-refractivity contribution in [2.24, 2.45) is 46.3 Å². The summed E-state index contributed by atoms with van der Waals surface area (Å²) < 4.78 is 6.06. The number of epoxide rings is 1. The fourth-order valence-corrected chi connectivity index (χ4v) is 9.15. The van der Waals surface area contributed by atoms with Crippen LogP contribution in [0.1, 0.15) is 85.5 Å². The minimum absolute atomic E-state index is 0.163. The van der Waals surface area contributed by atoms with Crippen molar-refractivity contribution in [3.05, 3.63) is 0 Å². The van der Waals surface area contributed by atoms with E-state index in [1.54, 1.807) is 0 Å². The first-order chi connectivity index (χ1) is 14.1. The van der Waals surface area contributed by atoms with Crippen LogP contribution in [0.5, 0.6) is 0 Å². The van der Waals surface area contributed by atoms with Crippen LogP contribution in [0.3, 0.4) is 0 Å². The van der Waals surface area contributed by atoms with Crippen molar-refractivity contribution in [2.75, 3.05) is 6.61 Å². The monoisotopic (exact) mass is 418 g/mol. The van der Waals surface area contributed by atoms with E-state index in [-0.39, 0.29) is 22.9 Å². The van der Waals surface area contributed by atoms with E-state index in [1.165, 1.54) is 12.8 Å². The lowest BCUT2D eigenvalue weighted by molar-refractivity contribution is -0.176. The zero-order valence-electron chi connectivity index (χ0n) is 19.4. The average molecular weight is 419 g/mol. The molecule has 2 N–H and O–H groups in total. The zero-order valence-corrected chi connectivity index (χ0v) is 19.4. The predicted molar refractivity (Wildman–Crippen MR) is 116 cm³/mol. The number of rotatable bonds is 4. The molecule has 0 aromatic heterocycles. The van der Waals surface area contributed by atoms with Crippen molar-refractivity contribution in [1.82, 2.24) is 0 Å². The topological polar surface area (TPSA) is 70.1 Å². The van der Waals surface area contributed by atoms with Crippen LogP contribution in [-0.2, 0) is 9.53 Å². The number of carbonyl (C=O) groups excluding carboxylic acids is 1. The van der Waals surface area contributed by atoms with Gasteiger partial charge in [0.1, 0.15) is 11.4 Å². The molecule has 4 saturated carbocycles. The Labute approximate surface area is 182 Å². The number of aliphatic hydroxyl groups is 2. The lowest BCUT2D eigenvalue weighted by Gasteiger charge is -2.62. The maximum Gasteiger partial charge on any atom is 0.133 e. The normalized spacial score (nSPS) is 53.8. The number of hydrogen-bond acceptors (Lipinski definition) is 4. The molecule has 1 heterocycles. The summed E-state index contributed by atoms with van der Waals surface area (Å²) >= 11 is 0. The third-order valence-electron chi connectivity index (χ3n) is 10.9. The van der Waals surface area contributed by atoms with Gasteiger partial charge in [-0.3, -0.25) is 4.79 Å². The van der Waals surface area contributed by atoms with Crippen molar-refractivity contribution in [2.45, 2.75) is 103 Å². The molecule has 1 saturated heterocycles. The molecule has 5 fully saturated rings. The molecule has 5 aliphatic rings. The second kappa shape index (κ2) is 7.02. The van der Waals surface area contributed by atoms with Gasteiger partial charge >= 0.3 is 0 Å². The van der Waals surface area contributed by atoms with Gasteiger partial charge in [0, 0.05) is 24.2 Å². The molecule has 0 unspecified atom stereocenters. The summed E-state index contributed by atoms with van der Waals surface area (Å²) in [6.07, 6.45) is 7.98. The first kappa shape index (κ1) is 21.4. The first-order valence-corrected chi connectivity index (χ1v) is 12.6. The van der Waals surface area contributed by atoms with E-state index in [0.717, 1.165) is 44.9 Å². The van der Waals surface area contributed by atoms with Crippen molar-refractivity contribution in [3.8, 4) is 0 Å². The molecule has 30 heavy (non-hydrogen) atoms. The van der Waals surface area contributed by atoms with Crippen LogP contribution in [0.25, 0.3) is 0 Å². The standard InChI is InChI=1S/C26H42O4/c1-15(2)11-23(29)26(14-30-26)21-8-7-19-18-6-5-16-12-17(27)9-10-24(16,3)20(18)13-22(28)25(19,21)4/h15-16,18-23,28-29H,5-14H2,1-4H3/t16-,18-,19-,20-,21-,22+,23+,24-,25-,26-/m0/s1. The molecule has 0 bridgehead atoms. The van der Waals surface area contributed by atoms with Crippen molar-refractivity contribution in [1.29, 1.82) is 0 Å². The minimum atomic E-state index is -0.431. The number of carbonyl (C=O) groups is 1. The van der Waals surface area contributed by atoms with Crippen molar-refractivity contribution < 1.29 is 19.7 Å². The maximum atomic E-state index is 12.1. The number of fused-ring (bicyclic) bond motifs is 5. The Bertz CT molecular complexity index is 699. The van der Waals surface area contributed by atoms with Crippen LogP contribution in [0, 0.1) is 46.3 Å². The second-order valence-electron chi connectivity index (χ2n) is 12.5. The summed E-state index contributed by atoms with van der Waals surface area (Å²) in [4.78, 5) is 12.1. The molecule has 4 nitrogen and oxygen atoms in total. The van der Waals surface area contributed by atoms with Gasteiger partial charge in [0.05, 0.1) is 18.8 Å². The highest BCUT2D eigenvalue weighted by Crippen LogP contribution is 2.70. The lowest BCUT2D eigenvalue weighted by atomic mass is 9.43. The van der Waals surface area contributed by atoms with E-state index in [2.05, 4.69) is 27.7 Å². The van der Waals surface area contributed by atoms with Gasteiger partial charge in [-0.1, -0.05) is 27.7 Å². The number of Topliss-reactive ketones (excluding diaryl/α,β-unsaturated/α-hetero) is 1. The number of ketones is 1. The molecule has 10 atom stereocenters. The van der Waals surface area contributed by atoms with Gasteiger partial charge in [0.25, 0.3) is 0 Å². The Morgan fingerprint density at radius 3 is 2.53 bits per heavy atom. The van der Waals surface area contributed by atoms with Crippen LogP contribution >= 0.6 is 0 Å². The second-order valence-corrected chi connectivity index (χ2v) is 12.5. The lowest BCUT2D eigenvalue weighted by Crippen LogP contribution is -2.60. The van der Waals surface area contributed by atoms with Gasteiger partial charge in [0.2, 0.25) is 0 Å². The SMILES string of the molecule is CC(C)C[C@@H](O)[C@@]1([C@H]2CC[C@H]3[C@@H]4CC[C@H]5CC(=O)CC[C@]5(C)[C@H]4C[C@@H](O)[C@]23C)CO1. The smallest absolute Gasteiger partial charge is 0.133 e. The molecule has 0 aromatic carbocycles. The summed E-state index contributed by atoms with van der Waals surface area (Å²) in [6, 6.07) is 0. The van der Waals surface area contributed by atoms with E-state index < -0.39 is 11.7 Å². The summed E-state index contributed by atoms with van der Waals surface area (Å²) in [7, 11) is 0. The van der Waals surface area contributed by atoms with Gasteiger partial charge < -0.3 is 14.9 Å². The van der Waals surface area contributed by atoms with Gasteiger partial charge in [-0.2, -0.15) is 0 Å². The Morgan fingerprint density at radius 2 is 1.87 bits per heavy atom. The molecule has 0 spiro atoms. The Morgan fingerprint density at radius 1 is 1.13 bits per heavy atom. The summed E-state index contributed by atoms with van der Waals surface area (Å²) in [5.74, 6) is 3.35. The molecular weight excluding hydrogens is 376 g/mol. The van der Waals surface area contributed by atoms with Gasteiger partial charge in [-0.25, -0.2) is 0 Å². The number of hydrogen-bond donors (Lipinski definition) is 2.